The van der Waals surface area contributed by atoms with Gasteiger partial charge in [-0.05, 0) is 37.6 Å². The summed E-state index contributed by atoms with van der Waals surface area (Å²) in [5.41, 5.74) is 13.8. The number of rotatable bonds is 5. The van der Waals surface area contributed by atoms with Crippen molar-refractivity contribution in [2.24, 2.45) is 11.5 Å². The Morgan fingerprint density at radius 1 is 1.05 bits per heavy atom. The highest BCUT2D eigenvalue weighted by Gasteiger charge is 2.16. The molecule has 0 amide bonds. The van der Waals surface area contributed by atoms with Gasteiger partial charge in [0.1, 0.15) is 13.2 Å². The maximum Gasteiger partial charge on any atom is 0.163 e. The second-order valence-corrected chi connectivity index (χ2v) is 5.04. The Morgan fingerprint density at radius 3 is 2.50 bits per heavy atom. The van der Waals surface area contributed by atoms with E-state index in [1.54, 1.807) is 0 Å². The van der Waals surface area contributed by atoms with E-state index in [0.29, 0.717) is 26.3 Å². The van der Waals surface area contributed by atoms with Crippen molar-refractivity contribution in [2.45, 2.75) is 19.4 Å². The summed E-state index contributed by atoms with van der Waals surface area (Å²) in [6, 6.07) is 4.15. The standard InChI is InChI=1S/C15H21N3O2/c16-3-1-5-18-10-11(2-4-17)12-8-14-15(9-13(12)18)20-7-6-19-14/h8-10H,1-7,16-17H2. The third-order valence-electron chi connectivity index (χ3n) is 3.64. The quantitative estimate of drug-likeness (QED) is 0.861. The molecule has 0 fully saturated rings. The van der Waals surface area contributed by atoms with Gasteiger partial charge < -0.3 is 25.5 Å². The molecule has 4 N–H and O–H groups in total. The zero-order chi connectivity index (χ0) is 13.9. The molecule has 2 heterocycles. The van der Waals surface area contributed by atoms with Crippen LogP contribution in [0.5, 0.6) is 11.5 Å². The minimum atomic E-state index is 0.609. The largest absolute Gasteiger partial charge is 0.486 e. The summed E-state index contributed by atoms with van der Waals surface area (Å²) in [7, 11) is 0. The number of aromatic nitrogens is 1. The molecule has 0 saturated carbocycles. The van der Waals surface area contributed by atoms with Crippen molar-refractivity contribution < 1.29 is 9.47 Å². The predicted octanol–water partition coefficient (Wildman–Crippen LogP) is 1.26. The lowest BCUT2D eigenvalue weighted by Crippen LogP contribution is -2.15. The molecule has 0 unspecified atom stereocenters. The van der Waals surface area contributed by atoms with Gasteiger partial charge in [-0.1, -0.05) is 0 Å². The average molecular weight is 275 g/mol. The van der Waals surface area contributed by atoms with Gasteiger partial charge in [0.2, 0.25) is 0 Å². The highest BCUT2D eigenvalue weighted by Crippen LogP contribution is 2.36. The molecule has 0 bridgehead atoms. The van der Waals surface area contributed by atoms with Gasteiger partial charge in [-0.15, -0.1) is 0 Å². The zero-order valence-corrected chi connectivity index (χ0v) is 11.6. The molecule has 1 aromatic heterocycles. The van der Waals surface area contributed by atoms with Crippen LogP contribution < -0.4 is 20.9 Å². The third-order valence-corrected chi connectivity index (χ3v) is 3.64. The Morgan fingerprint density at radius 2 is 1.80 bits per heavy atom. The van der Waals surface area contributed by atoms with E-state index in [9.17, 15) is 0 Å². The summed E-state index contributed by atoms with van der Waals surface area (Å²) in [5.74, 6) is 1.66. The number of aryl methyl sites for hydroxylation is 1. The van der Waals surface area contributed by atoms with E-state index in [1.165, 1.54) is 16.5 Å². The number of ether oxygens (including phenoxy) is 2. The molecule has 0 saturated heterocycles. The molecule has 5 nitrogen and oxygen atoms in total. The van der Waals surface area contributed by atoms with Crippen molar-refractivity contribution in [1.29, 1.82) is 0 Å². The maximum absolute atomic E-state index is 5.71. The number of nitrogens with two attached hydrogens (primary N) is 2. The first-order valence-electron chi connectivity index (χ1n) is 7.15. The van der Waals surface area contributed by atoms with Gasteiger partial charge in [0, 0.05) is 24.2 Å². The lowest BCUT2D eigenvalue weighted by Gasteiger charge is -2.18. The molecule has 0 spiro atoms. The molecule has 0 radical (unpaired) electrons. The van der Waals surface area contributed by atoms with Crippen LogP contribution in [-0.2, 0) is 13.0 Å². The Hall–Kier alpha value is -1.72. The molecule has 5 heteroatoms. The Balaban J connectivity index is 2.09. The first kappa shape index (κ1) is 13.3. The summed E-state index contributed by atoms with van der Waals surface area (Å²) in [6.45, 7) is 3.47. The van der Waals surface area contributed by atoms with E-state index in [1.807, 2.05) is 0 Å². The summed E-state index contributed by atoms with van der Waals surface area (Å²) in [5, 5.41) is 1.21. The van der Waals surface area contributed by atoms with Crippen LogP contribution in [0.4, 0.5) is 0 Å². The Labute approximate surface area is 118 Å². The fourth-order valence-corrected chi connectivity index (χ4v) is 2.70. The van der Waals surface area contributed by atoms with Crippen LogP contribution in [0.3, 0.4) is 0 Å². The number of fused-ring (bicyclic) bond motifs is 2. The smallest absolute Gasteiger partial charge is 0.163 e. The average Bonchev–Trinajstić information content (AvgIpc) is 2.81. The van der Waals surface area contributed by atoms with E-state index >= 15 is 0 Å². The number of benzene rings is 1. The van der Waals surface area contributed by atoms with Crippen LogP contribution in [0.2, 0.25) is 0 Å². The van der Waals surface area contributed by atoms with Crippen LogP contribution in [0.25, 0.3) is 10.9 Å². The zero-order valence-electron chi connectivity index (χ0n) is 11.6. The van der Waals surface area contributed by atoms with Crippen LogP contribution in [0.15, 0.2) is 18.3 Å². The van der Waals surface area contributed by atoms with Crippen LogP contribution in [-0.4, -0.2) is 30.9 Å². The van der Waals surface area contributed by atoms with Gasteiger partial charge in [-0.3, -0.25) is 0 Å². The van der Waals surface area contributed by atoms with E-state index < -0.39 is 0 Å². The highest BCUT2D eigenvalue weighted by molar-refractivity contribution is 5.87. The molecule has 1 aliphatic rings. The normalized spacial score (nSPS) is 13.9. The Bertz CT molecular complexity index is 607. The summed E-state index contributed by atoms with van der Waals surface area (Å²) in [4.78, 5) is 0. The molecule has 108 valence electrons. The van der Waals surface area contributed by atoms with Gasteiger partial charge >= 0.3 is 0 Å². The summed E-state index contributed by atoms with van der Waals surface area (Å²) >= 11 is 0. The third kappa shape index (κ3) is 2.34. The summed E-state index contributed by atoms with van der Waals surface area (Å²) in [6.07, 6.45) is 4.00. The molecule has 1 aromatic carbocycles. The molecule has 0 atom stereocenters. The van der Waals surface area contributed by atoms with Gasteiger partial charge in [0.25, 0.3) is 0 Å². The SMILES string of the molecule is NCCCn1cc(CCN)c2cc3c(cc21)OCCO3. The van der Waals surface area contributed by atoms with Gasteiger partial charge in [-0.2, -0.15) is 0 Å². The molecule has 2 aromatic rings. The first-order chi connectivity index (χ1) is 9.83. The van der Waals surface area contributed by atoms with Crippen molar-refractivity contribution in [3.63, 3.8) is 0 Å². The fraction of sp³-hybridized carbons (Fsp3) is 0.467. The van der Waals surface area contributed by atoms with Crippen molar-refractivity contribution in [3.8, 4) is 11.5 Å². The monoisotopic (exact) mass is 275 g/mol. The lowest BCUT2D eigenvalue weighted by atomic mass is 10.1. The second kappa shape index (κ2) is 5.73. The predicted molar refractivity (Wildman–Crippen MR) is 79.4 cm³/mol. The van der Waals surface area contributed by atoms with Gasteiger partial charge in [0.15, 0.2) is 11.5 Å². The topological polar surface area (TPSA) is 75.4 Å². The number of hydrogen-bond donors (Lipinski definition) is 2. The fourth-order valence-electron chi connectivity index (χ4n) is 2.70. The van der Waals surface area contributed by atoms with Gasteiger partial charge in [0.05, 0.1) is 5.52 Å². The minimum absolute atomic E-state index is 0.609. The van der Waals surface area contributed by atoms with Crippen molar-refractivity contribution in [1.82, 2.24) is 4.57 Å². The maximum atomic E-state index is 5.71. The first-order valence-corrected chi connectivity index (χ1v) is 7.15. The molecule has 3 rings (SSSR count). The highest BCUT2D eigenvalue weighted by atomic mass is 16.6. The van der Waals surface area contributed by atoms with E-state index in [-0.39, 0.29) is 0 Å². The van der Waals surface area contributed by atoms with E-state index in [4.69, 9.17) is 20.9 Å². The molecule has 0 aliphatic carbocycles. The minimum Gasteiger partial charge on any atom is -0.486 e. The molecule has 20 heavy (non-hydrogen) atoms. The van der Waals surface area contributed by atoms with Crippen LogP contribution >= 0.6 is 0 Å². The number of hydrogen-bond acceptors (Lipinski definition) is 4. The summed E-state index contributed by atoms with van der Waals surface area (Å²) < 4.78 is 13.6. The molecular weight excluding hydrogens is 254 g/mol. The van der Waals surface area contributed by atoms with Crippen LogP contribution in [0.1, 0.15) is 12.0 Å². The second-order valence-electron chi connectivity index (χ2n) is 5.04. The lowest BCUT2D eigenvalue weighted by molar-refractivity contribution is 0.172. The Kier molecular flexibility index (Phi) is 3.80. The van der Waals surface area contributed by atoms with Crippen molar-refractivity contribution in [2.75, 3.05) is 26.3 Å². The van der Waals surface area contributed by atoms with E-state index in [2.05, 4.69) is 22.9 Å². The number of nitrogens with zero attached hydrogens (tertiary/aromatic N) is 1. The van der Waals surface area contributed by atoms with Crippen LogP contribution in [0, 0.1) is 0 Å². The van der Waals surface area contributed by atoms with Gasteiger partial charge in [-0.25, -0.2) is 0 Å². The molecule has 1 aliphatic heterocycles. The van der Waals surface area contributed by atoms with Crippen molar-refractivity contribution >= 4 is 10.9 Å². The van der Waals surface area contributed by atoms with Crippen molar-refractivity contribution in [3.05, 3.63) is 23.9 Å². The van der Waals surface area contributed by atoms with E-state index in [0.717, 1.165) is 30.9 Å². The molecular formula is C15H21N3O2.